The normalized spacial score (nSPS) is 10.7. The van der Waals surface area contributed by atoms with Crippen LogP contribution in [0.2, 0.25) is 5.02 Å². The molecular formula is C20H14ClN3O2S. The third kappa shape index (κ3) is 3.49. The minimum atomic E-state index is -0.300. The lowest BCUT2D eigenvalue weighted by atomic mass is 10.1. The molecule has 2 heterocycles. The molecule has 7 heteroatoms. The quantitative estimate of drug-likeness (QED) is 0.482. The van der Waals surface area contributed by atoms with Crippen LogP contribution in [0.5, 0.6) is 0 Å². The first-order chi connectivity index (χ1) is 13.1. The molecule has 1 amide bonds. The highest BCUT2D eigenvalue weighted by Gasteiger charge is 2.23. The number of benzene rings is 2. The highest BCUT2D eigenvalue weighted by molar-refractivity contribution is 7.13. The van der Waals surface area contributed by atoms with Crippen molar-refractivity contribution in [1.29, 1.82) is 0 Å². The maximum absolute atomic E-state index is 12.9. The van der Waals surface area contributed by atoms with Gasteiger partial charge >= 0.3 is 0 Å². The molecule has 0 spiro atoms. The highest BCUT2D eigenvalue weighted by Crippen LogP contribution is 2.31. The number of halogens is 1. The molecule has 0 aliphatic heterocycles. The number of nitrogens with zero attached hydrogens (tertiary/aromatic N) is 2. The first kappa shape index (κ1) is 17.5. The summed E-state index contributed by atoms with van der Waals surface area (Å²) >= 11 is 7.82. The molecule has 2 aromatic carbocycles. The van der Waals surface area contributed by atoms with E-state index >= 15 is 0 Å². The number of hydrogen-bond donors (Lipinski definition) is 1. The summed E-state index contributed by atoms with van der Waals surface area (Å²) in [6, 6.07) is 14.7. The maximum Gasteiger partial charge on any atom is 0.261 e. The Bertz CT molecular complexity index is 1090. The first-order valence-electron chi connectivity index (χ1n) is 8.16. The van der Waals surface area contributed by atoms with E-state index in [1.165, 1.54) is 0 Å². The molecule has 0 aliphatic carbocycles. The molecule has 0 bridgehead atoms. The molecule has 0 saturated heterocycles. The molecule has 0 radical (unpaired) electrons. The zero-order valence-electron chi connectivity index (χ0n) is 14.3. The lowest BCUT2D eigenvalue weighted by molar-refractivity contribution is 0.102. The topological polar surface area (TPSA) is 68.0 Å². The average molecular weight is 396 g/mol. The summed E-state index contributed by atoms with van der Waals surface area (Å²) in [5, 5.41) is 10.3. The van der Waals surface area contributed by atoms with Gasteiger partial charge in [-0.25, -0.2) is 4.98 Å². The molecule has 134 valence electrons. The van der Waals surface area contributed by atoms with Crippen LogP contribution in [0.1, 0.15) is 16.1 Å². The summed E-state index contributed by atoms with van der Waals surface area (Å²) in [4.78, 5) is 17.1. The second-order valence-corrected chi connectivity index (χ2v) is 7.11. The van der Waals surface area contributed by atoms with Crippen LogP contribution in [0.4, 0.5) is 5.69 Å². The largest absolute Gasteiger partial charge is 0.360 e. The Morgan fingerprint density at radius 3 is 2.63 bits per heavy atom. The Balaban J connectivity index is 1.61. The molecule has 0 unspecified atom stereocenters. The molecule has 0 fully saturated rings. The van der Waals surface area contributed by atoms with Crippen LogP contribution in [-0.4, -0.2) is 16.0 Å². The molecular weight excluding hydrogens is 382 g/mol. The first-order valence-corrected chi connectivity index (χ1v) is 9.41. The molecule has 5 nitrogen and oxygen atoms in total. The minimum absolute atomic E-state index is 0.300. The number of anilines is 1. The fourth-order valence-corrected chi connectivity index (χ4v) is 3.60. The van der Waals surface area contributed by atoms with Crippen LogP contribution in [0, 0.1) is 6.92 Å². The Kier molecular flexibility index (Phi) is 4.75. The summed E-state index contributed by atoms with van der Waals surface area (Å²) in [6.45, 7) is 1.70. The van der Waals surface area contributed by atoms with Crippen LogP contribution in [0.3, 0.4) is 0 Å². The van der Waals surface area contributed by atoms with Crippen molar-refractivity contribution in [2.75, 3.05) is 5.32 Å². The van der Waals surface area contributed by atoms with Gasteiger partial charge in [-0.05, 0) is 37.3 Å². The van der Waals surface area contributed by atoms with Gasteiger partial charge in [0.25, 0.3) is 5.91 Å². The van der Waals surface area contributed by atoms with E-state index in [1.807, 2.05) is 41.8 Å². The number of carbonyl (C=O) groups excluding carboxylic acids is 1. The molecule has 2 aromatic heterocycles. The van der Waals surface area contributed by atoms with E-state index in [1.54, 1.807) is 36.6 Å². The standard InChI is InChI=1S/C20H14ClN3O2S/c1-12-17(18(24-26-12)15-4-2-3-5-16(15)21)19(25)23-14-8-6-13(7-9-14)20-22-10-11-27-20/h2-11H,1H3,(H,23,25). The van der Waals surface area contributed by atoms with E-state index in [9.17, 15) is 4.79 Å². The molecule has 1 N–H and O–H groups in total. The Morgan fingerprint density at radius 2 is 1.93 bits per heavy atom. The second kappa shape index (κ2) is 7.34. The van der Waals surface area contributed by atoms with Crippen molar-refractivity contribution in [2.24, 2.45) is 0 Å². The van der Waals surface area contributed by atoms with Crippen LogP contribution in [0.15, 0.2) is 64.6 Å². The number of rotatable bonds is 4. The summed E-state index contributed by atoms with van der Waals surface area (Å²) < 4.78 is 5.26. The molecule has 4 aromatic rings. The van der Waals surface area contributed by atoms with Crippen molar-refractivity contribution in [2.45, 2.75) is 6.92 Å². The van der Waals surface area contributed by atoms with Crippen molar-refractivity contribution in [3.8, 4) is 21.8 Å². The Labute approximate surface area is 164 Å². The van der Waals surface area contributed by atoms with Crippen molar-refractivity contribution in [3.05, 3.63) is 76.5 Å². The van der Waals surface area contributed by atoms with Crippen molar-refractivity contribution in [1.82, 2.24) is 10.1 Å². The monoisotopic (exact) mass is 395 g/mol. The van der Waals surface area contributed by atoms with Gasteiger partial charge in [0.15, 0.2) is 0 Å². The zero-order chi connectivity index (χ0) is 18.8. The van der Waals surface area contributed by atoms with Gasteiger partial charge in [-0.2, -0.15) is 0 Å². The average Bonchev–Trinajstić information content (AvgIpc) is 3.33. The number of aromatic nitrogens is 2. The van der Waals surface area contributed by atoms with Crippen LogP contribution in [0.25, 0.3) is 21.8 Å². The summed E-state index contributed by atoms with van der Waals surface area (Å²) in [7, 11) is 0. The highest BCUT2D eigenvalue weighted by atomic mass is 35.5. The number of aryl methyl sites for hydroxylation is 1. The summed E-state index contributed by atoms with van der Waals surface area (Å²) in [5.74, 6) is 0.132. The van der Waals surface area contributed by atoms with Crippen LogP contribution >= 0.6 is 22.9 Å². The molecule has 4 rings (SSSR count). The Hall–Kier alpha value is -2.96. The third-order valence-corrected chi connectivity index (χ3v) is 5.19. The second-order valence-electron chi connectivity index (χ2n) is 5.81. The third-order valence-electron chi connectivity index (χ3n) is 4.04. The Morgan fingerprint density at radius 1 is 1.15 bits per heavy atom. The number of nitrogens with one attached hydrogen (secondary N) is 1. The number of thiazole rings is 1. The van der Waals surface area contributed by atoms with E-state index in [2.05, 4.69) is 15.5 Å². The van der Waals surface area contributed by atoms with Gasteiger partial charge in [-0.15, -0.1) is 11.3 Å². The fraction of sp³-hybridized carbons (Fsp3) is 0.0500. The van der Waals surface area contributed by atoms with Gasteiger partial charge in [0, 0.05) is 28.4 Å². The van der Waals surface area contributed by atoms with E-state index < -0.39 is 0 Å². The van der Waals surface area contributed by atoms with E-state index in [-0.39, 0.29) is 5.91 Å². The number of hydrogen-bond acceptors (Lipinski definition) is 5. The van der Waals surface area contributed by atoms with Gasteiger partial charge in [0.2, 0.25) is 0 Å². The predicted molar refractivity (Wildman–Crippen MR) is 107 cm³/mol. The van der Waals surface area contributed by atoms with Crippen molar-refractivity contribution >= 4 is 34.5 Å². The van der Waals surface area contributed by atoms with Gasteiger partial charge in [-0.3, -0.25) is 4.79 Å². The molecule has 0 aliphatic rings. The predicted octanol–water partition coefficient (Wildman–Crippen LogP) is 5.68. The summed E-state index contributed by atoms with van der Waals surface area (Å²) in [6.07, 6.45) is 1.76. The van der Waals surface area contributed by atoms with E-state index in [0.29, 0.717) is 33.3 Å². The van der Waals surface area contributed by atoms with Gasteiger partial charge < -0.3 is 9.84 Å². The van der Waals surface area contributed by atoms with Crippen molar-refractivity contribution < 1.29 is 9.32 Å². The maximum atomic E-state index is 12.9. The summed E-state index contributed by atoms with van der Waals surface area (Å²) in [5.41, 5.74) is 3.12. The molecule has 27 heavy (non-hydrogen) atoms. The van der Waals surface area contributed by atoms with Crippen LogP contribution in [-0.2, 0) is 0 Å². The number of amides is 1. The van der Waals surface area contributed by atoms with Gasteiger partial charge in [-0.1, -0.05) is 35.0 Å². The fourth-order valence-electron chi connectivity index (χ4n) is 2.73. The zero-order valence-corrected chi connectivity index (χ0v) is 15.8. The smallest absolute Gasteiger partial charge is 0.261 e. The minimum Gasteiger partial charge on any atom is -0.360 e. The number of carbonyl (C=O) groups is 1. The lowest BCUT2D eigenvalue weighted by Crippen LogP contribution is -2.13. The van der Waals surface area contributed by atoms with Gasteiger partial charge in [0.05, 0.1) is 5.02 Å². The lowest BCUT2D eigenvalue weighted by Gasteiger charge is -2.07. The van der Waals surface area contributed by atoms with E-state index in [4.69, 9.17) is 16.1 Å². The molecule has 0 saturated carbocycles. The van der Waals surface area contributed by atoms with E-state index in [0.717, 1.165) is 10.6 Å². The van der Waals surface area contributed by atoms with Crippen LogP contribution < -0.4 is 5.32 Å². The van der Waals surface area contributed by atoms with Gasteiger partial charge in [0.1, 0.15) is 22.0 Å². The van der Waals surface area contributed by atoms with Crippen molar-refractivity contribution in [3.63, 3.8) is 0 Å². The SMILES string of the molecule is Cc1onc(-c2ccccc2Cl)c1C(=O)Nc1ccc(-c2nccs2)cc1. The molecule has 0 atom stereocenters.